The average molecular weight is 241 g/mol. The third kappa shape index (κ3) is 1.89. The summed E-state index contributed by atoms with van der Waals surface area (Å²) < 4.78 is 18.8. The van der Waals surface area contributed by atoms with Crippen LogP contribution in [0.5, 0.6) is 0 Å². The molecule has 0 saturated heterocycles. The third-order valence-electron chi connectivity index (χ3n) is 2.95. The van der Waals surface area contributed by atoms with Gasteiger partial charge in [0.25, 0.3) is 0 Å². The molecular weight excluding hydrogens is 229 g/mol. The minimum absolute atomic E-state index is 0.256. The average Bonchev–Trinajstić information content (AvgIpc) is 2.81. The van der Waals surface area contributed by atoms with E-state index >= 15 is 0 Å². The smallest absolute Gasteiger partial charge is 0.135 e. The maximum absolute atomic E-state index is 13.1. The number of benzene rings is 2. The van der Waals surface area contributed by atoms with Gasteiger partial charge >= 0.3 is 0 Å². The Morgan fingerprint density at radius 3 is 2.50 bits per heavy atom. The van der Waals surface area contributed by atoms with Crippen LogP contribution in [0.15, 0.2) is 52.9 Å². The summed E-state index contributed by atoms with van der Waals surface area (Å²) in [7, 11) is 0. The van der Waals surface area contributed by atoms with Gasteiger partial charge in [-0.05, 0) is 29.8 Å². The molecule has 0 aliphatic heterocycles. The first kappa shape index (κ1) is 11.0. The summed E-state index contributed by atoms with van der Waals surface area (Å²) >= 11 is 0. The number of hydrogen-bond acceptors (Lipinski definition) is 2. The van der Waals surface area contributed by atoms with Gasteiger partial charge < -0.3 is 10.2 Å². The molecule has 0 aliphatic carbocycles. The highest BCUT2D eigenvalue weighted by Gasteiger charge is 2.06. The second-order valence-electron chi connectivity index (χ2n) is 4.19. The SMILES string of the molecule is NCc1ccc(-c2cc3cc(F)ccc3o2)cc1. The van der Waals surface area contributed by atoms with E-state index in [0.717, 1.165) is 22.3 Å². The monoisotopic (exact) mass is 241 g/mol. The van der Waals surface area contributed by atoms with Crippen molar-refractivity contribution in [2.45, 2.75) is 6.54 Å². The maximum atomic E-state index is 13.1. The lowest BCUT2D eigenvalue weighted by Crippen LogP contribution is -1.94. The Hall–Kier alpha value is -2.13. The number of nitrogens with two attached hydrogens (primary N) is 1. The van der Waals surface area contributed by atoms with Crippen LogP contribution < -0.4 is 5.73 Å². The van der Waals surface area contributed by atoms with E-state index in [0.29, 0.717) is 12.1 Å². The van der Waals surface area contributed by atoms with Crippen molar-refractivity contribution in [1.82, 2.24) is 0 Å². The van der Waals surface area contributed by atoms with Gasteiger partial charge in [0.05, 0.1) is 0 Å². The fraction of sp³-hybridized carbons (Fsp3) is 0.0667. The van der Waals surface area contributed by atoms with E-state index in [1.54, 1.807) is 6.07 Å². The summed E-state index contributed by atoms with van der Waals surface area (Å²) in [5, 5.41) is 0.771. The fourth-order valence-corrected chi connectivity index (χ4v) is 1.96. The molecule has 3 rings (SSSR count). The van der Waals surface area contributed by atoms with Crippen LogP contribution in [-0.2, 0) is 6.54 Å². The van der Waals surface area contributed by atoms with Crippen molar-refractivity contribution < 1.29 is 8.81 Å². The van der Waals surface area contributed by atoms with E-state index in [4.69, 9.17) is 10.2 Å². The Balaban J connectivity index is 2.07. The van der Waals surface area contributed by atoms with E-state index < -0.39 is 0 Å². The van der Waals surface area contributed by atoms with Gasteiger partial charge in [0.1, 0.15) is 17.2 Å². The zero-order chi connectivity index (χ0) is 12.5. The number of fused-ring (bicyclic) bond motifs is 1. The van der Waals surface area contributed by atoms with Crippen LogP contribution in [0.1, 0.15) is 5.56 Å². The van der Waals surface area contributed by atoms with Gasteiger partial charge in [0.15, 0.2) is 0 Å². The molecule has 18 heavy (non-hydrogen) atoms. The number of furan rings is 1. The summed E-state index contributed by atoms with van der Waals surface area (Å²) in [6.07, 6.45) is 0. The third-order valence-corrected chi connectivity index (χ3v) is 2.95. The van der Waals surface area contributed by atoms with Crippen molar-refractivity contribution in [2.75, 3.05) is 0 Å². The molecule has 90 valence electrons. The highest BCUT2D eigenvalue weighted by atomic mass is 19.1. The zero-order valence-electron chi connectivity index (χ0n) is 9.69. The molecule has 0 saturated carbocycles. The fourth-order valence-electron chi connectivity index (χ4n) is 1.96. The Bertz CT molecular complexity index is 685. The first-order valence-corrected chi connectivity index (χ1v) is 5.75. The number of rotatable bonds is 2. The number of hydrogen-bond donors (Lipinski definition) is 1. The lowest BCUT2D eigenvalue weighted by atomic mass is 10.1. The Morgan fingerprint density at radius 2 is 1.78 bits per heavy atom. The molecule has 0 atom stereocenters. The van der Waals surface area contributed by atoms with Gasteiger partial charge in [-0.15, -0.1) is 0 Å². The molecule has 0 amide bonds. The Kier molecular flexibility index (Phi) is 2.61. The second kappa shape index (κ2) is 4.27. The zero-order valence-corrected chi connectivity index (χ0v) is 9.69. The maximum Gasteiger partial charge on any atom is 0.135 e. The predicted octanol–water partition coefficient (Wildman–Crippen LogP) is 3.70. The molecule has 1 heterocycles. The first-order chi connectivity index (χ1) is 8.76. The summed E-state index contributed by atoms with van der Waals surface area (Å²) in [6.45, 7) is 0.519. The van der Waals surface area contributed by atoms with Crippen molar-refractivity contribution in [2.24, 2.45) is 5.73 Å². The van der Waals surface area contributed by atoms with Crippen molar-refractivity contribution >= 4 is 11.0 Å². The van der Waals surface area contributed by atoms with E-state index in [9.17, 15) is 4.39 Å². The van der Waals surface area contributed by atoms with Gasteiger partial charge in [-0.3, -0.25) is 0 Å². The van der Waals surface area contributed by atoms with Crippen molar-refractivity contribution in [3.8, 4) is 11.3 Å². The summed E-state index contributed by atoms with van der Waals surface area (Å²) in [5.41, 5.74) is 8.27. The Morgan fingerprint density at radius 1 is 1.00 bits per heavy atom. The van der Waals surface area contributed by atoms with Gasteiger partial charge in [-0.25, -0.2) is 4.39 Å². The lowest BCUT2D eigenvalue weighted by molar-refractivity contribution is 0.619. The second-order valence-corrected chi connectivity index (χ2v) is 4.19. The Labute approximate surface area is 104 Å². The topological polar surface area (TPSA) is 39.2 Å². The molecule has 0 unspecified atom stereocenters. The normalized spacial score (nSPS) is 11.0. The molecule has 2 aromatic carbocycles. The van der Waals surface area contributed by atoms with Crippen LogP contribution in [0, 0.1) is 5.82 Å². The number of halogens is 1. The van der Waals surface area contributed by atoms with Crippen LogP contribution in [0.2, 0.25) is 0 Å². The standard InChI is InChI=1S/C15H12FNO/c16-13-5-6-14-12(7-13)8-15(18-14)11-3-1-10(9-17)2-4-11/h1-8H,9,17H2. The molecule has 0 fully saturated rings. The molecule has 2 nitrogen and oxygen atoms in total. The van der Waals surface area contributed by atoms with Gasteiger partial charge in [0, 0.05) is 17.5 Å². The van der Waals surface area contributed by atoms with Gasteiger partial charge in [-0.1, -0.05) is 24.3 Å². The minimum Gasteiger partial charge on any atom is -0.456 e. The van der Waals surface area contributed by atoms with E-state index in [2.05, 4.69) is 0 Å². The molecule has 1 aromatic heterocycles. The highest BCUT2D eigenvalue weighted by molar-refractivity contribution is 5.82. The molecular formula is C15H12FNO. The minimum atomic E-state index is -0.256. The van der Waals surface area contributed by atoms with E-state index in [-0.39, 0.29) is 5.82 Å². The first-order valence-electron chi connectivity index (χ1n) is 5.75. The molecule has 3 aromatic rings. The van der Waals surface area contributed by atoms with Crippen LogP contribution in [0.3, 0.4) is 0 Å². The van der Waals surface area contributed by atoms with Crippen LogP contribution in [0.25, 0.3) is 22.3 Å². The predicted molar refractivity (Wildman–Crippen MR) is 69.5 cm³/mol. The van der Waals surface area contributed by atoms with Gasteiger partial charge in [-0.2, -0.15) is 0 Å². The van der Waals surface area contributed by atoms with Crippen LogP contribution >= 0.6 is 0 Å². The van der Waals surface area contributed by atoms with E-state index in [1.165, 1.54) is 12.1 Å². The van der Waals surface area contributed by atoms with Crippen LogP contribution in [0.4, 0.5) is 4.39 Å². The molecule has 2 N–H and O–H groups in total. The largest absolute Gasteiger partial charge is 0.456 e. The van der Waals surface area contributed by atoms with Crippen molar-refractivity contribution in [3.05, 3.63) is 59.9 Å². The van der Waals surface area contributed by atoms with E-state index in [1.807, 2.05) is 30.3 Å². The summed E-state index contributed by atoms with van der Waals surface area (Å²) in [5.74, 6) is 0.479. The molecule has 0 radical (unpaired) electrons. The molecule has 0 aliphatic rings. The molecule has 0 spiro atoms. The van der Waals surface area contributed by atoms with Crippen molar-refractivity contribution in [1.29, 1.82) is 0 Å². The van der Waals surface area contributed by atoms with Gasteiger partial charge in [0.2, 0.25) is 0 Å². The summed E-state index contributed by atoms with van der Waals surface area (Å²) in [6, 6.07) is 14.2. The highest BCUT2D eigenvalue weighted by Crippen LogP contribution is 2.28. The molecule has 0 bridgehead atoms. The van der Waals surface area contributed by atoms with Crippen LogP contribution in [-0.4, -0.2) is 0 Å². The lowest BCUT2D eigenvalue weighted by Gasteiger charge is -1.98. The molecule has 3 heteroatoms. The summed E-state index contributed by atoms with van der Waals surface area (Å²) in [4.78, 5) is 0. The quantitative estimate of drug-likeness (QED) is 0.743. The van der Waals surface area contributed by atoms with Crippen molar-refractivity contribution in [3.63, 3.8) is 0 Å².